The summed E-state index contributed by atoms with van der Waals surface area (Å²) in [5, 5.41) is 0. The van der Waals surface area contributed by atoms with E-state index in [9.17, 15) is 0 Å². The third-order valence-electron chi connectivity index (χ3n) is 1.02. The molecule has 0 unspecified atom stereocenters. The third kappa shape index (κ3) is 4.24. The molecular formula is C8H20N2. The summed E-state index contributed by atoms with van der Waals surface area (Å²) >= 11 is 0. The Balaban J connectivity index is 0. The summed E-state index contributed by atoms with van der Waals surface area (Å²) in [6, 6.07) is 0. The van der Waals surface area contributed by atoms with Crippen LogP contribution >= 0.6 is 0 Å². The van der Waals surface area contributed by atoms with Gasteiger partial charge in [-0.15, -0.1) is 0 Å². The topological polar surface area (TPSA) is 6.48 Å². The van der Waals surface area contributed by atoms with Crippen molar-refractivity contribution < 1.29 is 0 Å². The Morgan fingerprint density at radius 2 is 1.30 bits per heavy atom. The summed E-state index contributed by atoms with van der Waals surface area (Å²) in [6.45, 7) is 5.03. The van der Waals surface area contributed by atoms with Gasteiger partial charge in [0, 0.05) is 26.5 Å². The third-order valence-corrected chi connectivity index (χ3v) is 1.02. The van der Waals surface area contributed by atoms with E-state index in [0.29, 0.717) is 0 Å². The van der Waals surface area contributed by atoms with Crippen LogP contribution in [0.3, 0.4) is 0 Å². The van der Waals surface area contributed by atoms with Crippen molar-refractivity contribution in [2.24, 2.45) is 0 Å². The summed E-state index contributed by atoms with van der Waals surface area (Å²) in [5.41, 5.74) is 0. The highest BCUT2D eigenvalue weighted by Gasteiger charge is 1.99. The van der Waals surface area contributed by atoms with Crippen molar-refractivity contribution in [1.29, 1.82) is 0 Å². The maximum Gasteiger partial charge on any atom is 0.0887 e. The van der Waals surface area contributed by atoms with Gasteiger partial charge in [-0.2, -0.15) is 0 Å². The van der Waals surface area contributed by atoms with Gasteiger partial charge in [0.05, 0.1) is 6.67 Å². The second-order valence-corrected chi connectivity index (χ2v) is 1.95. The standard InChI is InChI=1S/C5H10N2.C2H6.CH4/c1-6-3-4-7(2)5-6;1-2;/h3-4H,5H2,1-2H3;1-2H3;1H4. The van der Waals surface area contributed by atoms with E-state index in [2.05, 4.69) is 36.3 Å². The van der Waals surface area contributed by atoms with Gasteiger partial charge >= 0.3 is 0 Å². The molecule has 2 nitrogen and oxygen atoms in total. The second-order valence-electron chi connectivity index (χ2n) is 1.95. The van der Waals surface area contributed by atoms with Crippen LogP contribution in [-0.4, -0.2) is 30.6 Å². The van der Waals surface area contributed by atoms with Gasteiger partial charge in [-0.1, -0.05) is 21.3 Å². The van der Waals surface area contributed by atoms with Crippen LogP contribution in [0.25, 0.3) is 0 Å². The first-order chi connectivity index (χ1) is 4.29. The van der Waals surface area contributed by atoms with Crippen LogP contribution in [0.4, 0.5) is 0 Å². The zero-order valence-corrected chi connectivity index (χ0v) is 6.76. The molecule has 0 atom stereocenters. The molecule has 0 saturated carbocycles. The van der Waals surface area contributed by atoms with Crippen molar-refractivity contribution in [2.45, 2.75) is 21.3 Å². The number of hydrogen-bond acceptors (Lipinski definition) is 2. The van der Waals surface area contributed by atoms with Crippen molar-refractivity contribution in [3.8, 4) is 0 Å². The van der Waals surface area contributed by atoms with Gasteiger partial charge in [0.1, 0.15) is 0 Å². The molecule has 1 aliphatic rings. The van der Waals surface area contributed by atoms with Crippen molar-refractivity contribution >= 4 is 0 Å². The van der Waals surface area contributed by atoms with Crippen molar-refractivity contribution in [2.75, 3.05) is 20.8 Å². The van der Waals surface area contributed by atoms with E-state index in [4.69, 9.17) is 0 Å². The Morgan fingerprint density at radius 1 is 1.00 bits per heavy atom. The molecule has 0 aromatic carbocycles. The lowest BCUT2D eigenvalue weighted by Crippen LogP contribution is -2.17. The Bertz CT molecular complexity index is 79.3. The summed E-state index contributed by atoms with van der Waals surface area (Å²) in [4.78, 5) is 4.25. The minimum absolute atomic E-state index is 0. The molecular weight excluding hydrogens is 124 g/mol. The number of nitrogens with zero attached hydrogens (tertiary/aromatic N) is 2. The fourth-order valence-electron chi connectivity index (χ4n) is 0.674. The molecule has 1 rings (SSSR count). The van der Waals surface area contributed by atoms with E-state index in [1.807, 2.05) is 13.8 Å². The summed E-state index contributed by atoms with van der Waals surface area (Å²) in [5.74, 6) is 0. The summed E-state index contributed by atoms with van der Waals surface area (Å²) < 4.78 is 0. The van der Waals surface area contributed by atoms with E-state index < -0.39 is 0 Å². The molecule has 10 heavy (non-hydrogen) atoms. The Kier molecular flexibility index (Phi) is 7.79. The van der Waals surface area contributed by atoms with Crippen LogP contribution < -0.4 is 0 Å². The van der Waals surface area contributed by atoms with E-state index in [-0.39, 0.29) is 7.43 Å². The molecule has 1 aliphatic heterocycles. The first-order valence-corrected chi connectivity index (χ1v) is 3.38. The lowest BCUT2D eigenvalue weighted by atomic mass is 10.9. The molecule has 2 heteroatoms. The zero-order chi connectivity index (χ0) is 7.28. The SMILES string of the molecule is C.CC.CN1C=CN(C)C1. The van der Waals surface area contributed by atoms with Gasteiger partial charge in [-0.05, 0) is 0 Å². The van der Waals surface area contributed by atoms with Gasteiger partial charge in [-0.3, -0.25) is 0 Å². The highest BCUT2D eigenvalue weighted by atomic mass is 15.3. The maximum atomic E-state index is 2.12. The van der Waals surface area contributed by atoms with Crippen LogP contribution in [-0.2, 0) is 0 Å². The van der Waals surface area contributed by atoms with E-state index >= 15 is 0 Å². The fourth-order valence-corrected chi connectivity index (χ4v) is 0.674. The number of hydrogen-bond donors (Lipinski definition) is 0. The van der Waals surface area contributed by atoms with Crippen molar-refractivity contribution in [3.05, 3.63) is 12.4 Å². The fraction of sp³-hybridized carbons (Fsp3) is 0.750. The highest BCUT2D eigenvalue weighted by molar-refractivity contribution is 4.85. The molecule has 0 spiro atoms. The molecule has 0 N–H and O–H groups in total. The van der Waals surface area contributed by atoms with Crippen LogP contribution in [0.1, 0.15) is 21.3 Å². The Hall–Kier alpha value is -0.660. The number of rotatable bonds is 0. The summed E-state index contributed by atoms with van der Waals surface area (Å²) in [6.07, 6.45) is 4.11. The quantitative estimate of drug-likeness (QED) is 0.513. The van der Waals surface area contributed by atoms with Crippen LogP contribution in [0.15, 0.2) is 12.4 Å². The first-order valence-electron chi connectivity index (χ1n) is 3.38. The molecule has 0 amide bonds. The minimum atomic E-state index is 0. The normalized spacial score (nSPS) is 14.0. The smallest absolute Gasteiger partial charge is 0.0887 e. The predicted molar refractivity (Wildman–Crippen MR) is 47.6 cm³/mol. The molecule has 0 aromatic heterocycles. The highest BCUT2D eigenvalue weighted by Crippen LogP contribution is 1.97. The van der Waals surface area contributed by atoms with Gasteiger partial charge < -0.3 is 9.80 Å². The molecule has 0 saturated heterocycles. The van der Waals surface area contributed by atoms with Gasteiger partial charge in [0.15, 0.2) is 0 Å². The molecule has 0 bridgehead atoms. The average Bonchev–Trinajstić information content (AvgIpc) is 2.20. The largest absolute Gasteiger partial charge is 0.362 e. The molecule has 0 fully saturated rings. The maximum absolute atomic E-state index is 2.12. The Labute approximate surface area is 65.1 Å². The van der Waals surface area contributed by atoms with E-state index in [0.717, 1.165) is 6.67 Å². The van der Waals surface area contributed by atoms with Crippen LogP contribution in [0.2, 0.25) is 0 Å². The van der Waals surface area contributed by atoms with Gasteiger partial charge in [0.2, 0.25) is 0 Å². The predicted octanol–water partition coefficient (Wildman–Crippen LogP) is 1.95. The van der Waals surface area contributed by atoms with Crippen molar-refractivity contribution in [3.63, 3.8) is 0 Å². The zero-order valence-electron chi connectivity index (χ0n) is 6.76. The van der Waals surface area contributed by atoms with Gasteiger partial charge in [-0.25, -0.2) is 0 Å². The van der Waals surface area contributed by atoms with Gasteiger partial charge in [0.25, 0.3) is 0 Å². The lowest BCUT2D eigenvalue weighted by Gasteiger charge is -2.10. The monoisotopic (exact) mass is 144 g/mol. The Morgan fingerprint density at radius 3 is 1.40 bits per heavy atom. The van der Waals surface area contributed by atoms with E-state index in [1.54, 1.807) is 0 Å². The average molecular weight is 144 g/mol. The molecule has 62 valence electrons. The van der Waals surface area contributed by atoms with E-state index in [1.165, 1.54) is 0 Å². The second kappa shape index (κ2) is 6.46. The minimum Gasteiger partial charge on any atom is -0.362 e. The summed E-state index contributed by atoms with van der Waals surface area (Å²) in [7, 11) is 4.11. The van der Waals surface area contributed by atoms with Crippen LogP contribution in [0, 0.1) is 0 Å². The molecule has 0 radical (unpaired) electrons. The molecule has 0 aliphatic carbocycles. The lowest BCUT2D eigenvalue weighted by molar-refractivity contribution is 0.340. The first kappa shape index (κ1) is 12.1. The molecule has 0 aromatic rings. The van der Waals surface area contributed by atoms with Crippen molar-refractivity contribution in [1.82, 2.24) is 9.80 Å². The molecule has 1 heterocycles. The van der Waals surface area contributed by atoms with Crippen LogP contribution in [0.5, 0.6) is 0 Å².